The molecule has 0 aromatic carbocycles. The molecule has 2 N–H and O–H groups in total. The molecule has 0 radical (unpaired) electrons. The Morgan fingerprint density at radius 3 is 2.59 bits per heavy atom. The number of hydrogen-bond donors (Lipinski definition) is 2. The Morgan fingerprint density at radius 1 is 1.59 bits per heavy atom. The molecule has 0 amide bonds. The van der Waals surface area contributed by atoms with Crippen molar-refractivity contribution in [3.63, 3.8) is 0 Å². The number of nitrogens with one attached hydrogen (secondary N) is 1. The molecule has 1 rings (SSSR count). The van der Waals surface area contributed by atoms with Crippen LogP contribution in [0.1, 0.15) is 15.2 Å². The first-order valence-electron chi connectivity index (χ1n) is 4.35. The fraction of sp³-hybridized carbons (Fsp3) is 0.375. The first-order chi connectivity index (χ1) is 7.74. The number of rotatable bonds is 5. The van der Waals surface area contributed by atoms with Crippen molar-refractivity contribution < 1.29 is 27.1 Å². The molecule has 0 saturated carbocycles. The van der Waals surface area contributed by atoms with Gasteiger partial charge in [-0.25, -0.2) is 26.7 Å². The maximum absolute atomic E-state index is 11.9. The van der Waals surface area contributed by atoms with E-state index in [4.69, 9.17) is 5.11 Å². The normalized spacial score (nSPS) is 12.0. The Bertz CT molecular complexity index is 524. The van der Waals surface area contributed by atoms with Crippen LogP contribution in [0.25, 0.3) is 0 Å². The predicted octanol–water partition coefficient (Wildman–Crippen LogP) is 1.30. The predicted molar refractivity (Wildman–Crippen MR) is 57.2 cm³/mol. The van der Waals surface area contributed by atoms with Crippen molar-refractivity contribution in [1.82, 2.24) is 4.72 Å². The van der Waals surface area contributed by atoms with Crippen LogP contribution >= 0.6 is 11.3 Å². The number of carboxylic acid groups (broad SMARTS) is 1. The smallest absolute Gasteiger partial charge is 0.346 e. The van der Waals surface area contributed by atoms with Gasteiger partial charge in [-0.3, -0.25) is 0 Å². The molecule has 0 bridgehead atoms. The summed E-state index contributed by atoms with van der Waals surface area (Å²) in [6, 6.07) is 1.14. The lowest BCUT2D eigenvalue weighted by Crippen LogP contribution is -2.28. The molecule has 0 unspecified atom stereocenters. The van der Waals surface area contributed by atoms with Crippen LogP contribution in [-0.2, 0) is 10.0 Å². The summed E-state index contributed by atoms with van der Waals surface area (Å²) in [5, 5.41) is 8.74. The third-order valence-corrected chi connectivity index (χ3v) is 4.90. The number of sulfonamides is 1. The molecule has 5 nitrogen and oxygen atoms in total. The van der Waals surface area contributed by atoms with E-state index < -0.39 is 29.0 Å². The first kappa shape index (κ1) is 14.0. The largest absolute Gasteiger partial charge is 0.477 e. The van der Waals surface area contributed by atoms with Crippen LogP contribution in [0.4, 0.5) is 8.78 Å². The lowest BCUT2D eigenvalue weighted by molar-refractivity contribution is 0.0701. The second kappa shape index (κ2) is 5.07. The van der Waals surface area contributed by atoms with E-state index in [1.165, 1.54) is 6.92 Å². The van der Waals surface area contributed by atoms with Crippen LogP contribution in [0.3, 0.4) is 0 Å². The van der Waals surface area contributed by atoms with E-state index in [9.17, 15) is 22.0 Å². The Kier molecular flexibility index (Phi) is 4.17. The van der Waals surface area contributed by atoms with Gasteiger partial charge >= 0.3 is 5.97 Å². The van der Waals surface area contributed by atoms with Crippen LogP contribution in [0.5, 0.6) is 0 Å². The molecule has 0 fully saturated rings. The van der Waals surface area contributed by atoms with E-state index in [0.717, 1.165) is 6.07 Å². The molecular formula is C8H9F2NO4S2. The Balaban J connectivity index is 3.00. The van der Waals surface area contributed by atoms with Crippen molar-refractivity contribution >= 4 is 27.3 Å². The van der Waals surface area contributed by atoms with Crippen molar-refractivity contribution in [1.29, 1.82) is 0 Å². The van der Waals surface area contributed by atoms with E-state index in [-0.39, 0.29) is 14.6 Å². The summed E-state index contributed by atoms with van der Waals surface area (Å²) >= 11 is 0.531. The van der Waals surface area contributed by atoms with Crippen LogP contribution in [0, 0.1) is 6.92 Å². The summed E-state index contributed by atoms with van der Waals surface area (Å²) < 4.78 is 48.2. The minimum absolute atomic E-state index is 0.123. The maximum Gasteiger partial charge on any atom is 0.346 e. The molecule has 17 heavy (non-hydrogen) atoms. The Labute approximate surface area is 100 Å². The van der Waals surface area contributed by atoms with E-state index >= 15 is 0 Å². The lowest BCUT2D eigenvalue weighted by atomic mass is 10.3. The van der Waals surface area contributed by atoms with Gasteiger partial charge in [0.05, 0.1) is 6.54 Å². The van der Waals surface area contributed by atoms with Gasteiger partial charge in [0.25, 0.3) is 6.43 Å². The van der Waals surface area contributed by atoms with Crippen molar-refractivity contribution in [2.45, 2.75) is 17.6 Å². The molecule has 0 spiro atoms. The zero-order valence-electron chi connectivity index (χ0n) is 8.61. The second-order valence-electron chi connectivity index (χ2n) is 3.13. The minimum Gasteiger partial charge on any atom is -0.477 e. The first-order valence-corrected chi connectivity index (χ1v) is 6.65. The zero-order chi connectivity index (χ0) is 13.2. The van der Waals surface area contributed by atoms with E-state index in [1.54, 1.807) is 4.72 Å². The SMILES string of the molecule is Cc1cc(S(=O)(=O)NCC(F)F)sc1C(=O)O. The number of alkyl halides is 2. The van der Waals surface area contributed by atoms with Crippen molar-refractivity contribution in [2.24, 2.45) is 0 Å². The quantitative estimate of drug-likeness (QED) is 0.854. The number of aromatic carboxylic acids is 1. The molecule has 9 heteroatoms. The molecule has 0 aliphatic carbocycles. The zero-order valence-corrected chi connectivity index (χ0v) is 10.2. The van der Waals surface area contributed by atoms with Gasteiger partial charge in [-0.2, -0.15) is 0 Å². The highest BCUT2D eigenvalue weighted by atomic mass is 32.2. The van der Waals surface area contributed by atoms with Crippen molar-refractivity contribution in [2.75, 3.05) is 6.54 Å². The van der Waals surface area contributed by atoms with Crippen molar-refractivity contribution in [3.05, 3.63) is 16.5 Å². The Hall–Kier alpha value is -1.06. The van der Waals surface area contributed by atoms with E-state index in [0.29, 0.717) is 11.3 Å². The van der Waals surface area contributed by atoms with Gasteiger partial charge in [0.1, 0.15) is 9.09 Å². The molecule has 0 aliphatic rings. The molecule has 1 heterocycles. The summed E-state index contributed by atoms with van der Waals surface area (Å²) in [4.78, 5) is 10.6. The highest BCUT2D eigenvalue weighted by Gasteiger charge is 2.22. The number of carboxylic acids is 1. The molecule has 0 atom stereocenters. The van der Waals surface area contributed by atoms with Gasteiger partial charge in [0, 0.05) is 0 Å². The molecular weight excluding hydrogens is 276 g/mol. The lowest BCUT2D eigenvalue weighted by Gasteiger charge is -2.02. The van der Waals surface area contributed by atoms with E-state index in [1.807, 2.05) is 0 Å². The molecule has 96 valence electrons. The third kappa shape index (κ3) is 3.45. The van der Waals surface area contributed by atoms with Gasteiger partial charge in [-0.1, -0.05) is 0 Å². The maximum atomic E-state index is 11.9. The number of thiophene rings is 1. The summed E-state index contributed by atoms with van der Waals surface area (Å²) in [6.45, 7) is 0.438. The standard InChI is InChI=1S/C8H9F2NO4S2/c1-4-2-6(16-7(4)8(12)13)17(14,15)11-3-5(9)10/h2,5,11H,3H2,1H3,(H,12,13). The third-order valence-electron chi connectivity index (χ3n) is 1.78. The summed E-state index contributed by atoms with van der Waals surface area (Å²) in [5.41, 5.74) is 0.278. The van der Waals surface area contributed by atoms with Crippen LogP contribution in [-0.4, -0.2) is 32.5 Å². The van der Waals surface area contributed by atoms with Gasteiger partial charge in [0.2, 0.25) is 10.0 Å². The summed E-state index contributed by atoms with van der Waals surface area (Å²) in [6.07, 6.45) is -2.80. The van der Waals surface area contributed by atoms with Gasteiger partial charge in [0.15, 0.2) is 0 Å². The monoisotopic (exact) mass is 285 g/mol. The number of hydrogen-bond acceptors (Lipinski definition) is 4. The van der Waals surface area contributed by atoms with E-state index in [2.05, 4.69) is 0 Å². The molecule has 0 saturated heterocycles. The average Bonchev–Trinajstić information content (AvgIpc) is 2.58. The van der Waals surface area contributed by atoms with Gasteiger partial charge < -0.3 is 5.11 Å². The summed E-state index contributed by atoms with van der Waals surface area (Å²) in [7, 11) is -4.07. The highest BCUT2D eigenvalue weighted by Crippen LogP contribution is 2.25. The highest BCUT2D eigenvalue weighted by molar-refractivity contribution is 7.91. The minimum atomic E-state index is -4.07. The second-order valence-corrected chi connectivity index (χ2v) is 6.17. The van der Waals surface area contributed by atoms with Gasteiger partial charge in [-0.15, -0.1) is 11.3 Å². The van der Waals surface area contributed by atoms with Crippen LogP contribution in [0.15, 0.2) is 10.3 Å². The number of carbonyl (C=O) groups is 1. The molecule has 1 aromatic heterocycles. The van der Waals surface area contributed by atoms with Crippen LogP contribution in [0.2, 0.25) is 0 Å². The Morgan fingerprint density at radius 2 is 2.18 bits per heavy atom. The molecule has 0 aliphatic heterocycles. The van der Waals surface area contributed by atoms with Gasteiger partial charge in [-0.05, 0) is 18.6 Å². The topological polar surface area (TPSA) is 83.5 Å². The fourth-order valence-corrected chi connectivity index (χ4v) is 3.47. The van der Waals surface area contributed by atoms with Crippen molar-refractivity contribution in [3.8, 4) is 0 Å². The molecule has 1 aromatic rings. The average molecular weight is 285 g/mol. The fourth-order valence-electron chi connectivity index (χ4n) is 1.04. The number of halogens is 2. The number of aryl methyl sites for hydroxylation is 1. The van der Waals surface area contributed by atoms with Crippen LogP contribution < -0.4 is 4.72 Å². The summed E-state index contributed by atoms with van der Waals surface area (Å²) in [5.74, 6) is -1.25.